The quantitative estimate of drug-likeness (QED) is 0.640. The molecule has 0 aliphatic heterocycles. The van der Waals surface area contributed by atoms with Gasteiger partial charge in [-0.3, -0.25) is 4.79 Å². The molecule has 21 heavy (non-hydrogen) atoms. The Kier molecular flexibility index (Phi) is 7.10. The molecule has 1 rings (SSSR count). The fourth-order valence-electron chi connectivity index (χ4n) is 3.11. The molecule has 0 aromatic carbocycles. The highest BCUT2D eigenvalue weighted by Crippen LogP contribution is 2.38. The average Bonchev–Trinajstić information content (AvgIpc) is 2.77. The normalized spacial score (nSPS) is 26.2. The van der Waals surface area contributed by atoms with Crippen molar-refractivity contribution in [1.82, 2.24) is 5.32 Å². The van der Waals surface area contributed by atoms with E-state index >= 15 is 0 Å². The number of likely N-dealkylation sites (N-methyl/N-ethyl adjacent to an activating group) is 1. The van der Waals surface area contributed by atoms with E-state index in [1.54, 1.807) is 0 Å². The first-order valence-electron chi connectivity index (χ1n) is 8.02. The molecule has 2 unspecified atom stereocenters. The molecule has 2 atom stereocenters. The molecular formula is C16H31NO4. The van der Waals surface area contributed by atoms with E-state index in [1.807, 2.05) is 27.7 Å². The Balaban J connectivity index is 2.32. The van der Waals surface area contributed by atoms with E-state index in [0.29, 0.717) is 32.8 Å². The van der Waals surface area contributed by atoms with E-state index in [2.05, 4.69) is 5.32 Å². The molecule has 1 aliphatic carbocycles. The Morgan fingerprint density at radius 1 is 1.33 bits per heavy atom. The molecule has 0 saturated heterocycles. The molecule has 1 fully saturated rings. The summed E-state index contributed by atoms with van der Waals surface area (Å²) in [5.41, 5.74) is -0.891. The smallest absolute Gasteiger partial charge is 0.324 e. The van der Waals surface area contributed by atoms with Gasteiger partial charge in [0.15, 0.2) is 0 Å². The predicted octanol–water partition coefficient (Wildman–Crippen LogP) is 2.44. The summed E-state index contributed by atoms with van der Waals surface area (Å²) in [6.45, 7) is 10.4. The highest BCUT2D eigenvalue weighted by Gasteiger charge is 2.48. The highest BCUT2D eigenvalue weighted by atomic mass is 16.5. The summed E-state index contributed by atoms with van der Waals surface area (Å²) in [5.74, 6) is -0.568. The molecule has 0 amide bonds. The van der Waals surface area contributed by atoms with Crippen molar-refractivity contribution >= 4 is 5.97 Å². The molecule has 0 aromatic heterocycles. The van der Waals surface area contributed by atoms with E-state index in [-0.39, 0.29) is 11.5 Å². The summed E-state index contributed by atoms with van der Waals surface area (Å²) in [6.07, 6.45) is 3.43. The maximum absolute atomic E-state index is 11.6. The van der Waals surface area contributed by atoms with E-state index in [1.165, 1.54) is 0 Å². The van der Waals surface area contributed by atoms with Gasteiger partial charge in [0.25, 0.3) is 0 Å². The van der Waals surface area contributed by atoms with E-state index < -0.39 is 11.5 Å². The lowest BCUT2D eigenvalue weighted by atomic mass is 9.84. The van der Waals surface area contributed by atoms with Crippen LogP contribution in [-0.2, 0) is 14.3 Å². The van der Waals surface area contributed by atoms with Crippen LogP contribution in [0.25, 0.3) is 0 Å². The second-order valence-electron chi connectivity index (χ2n) is 6.76. The third-order valence-corrected chi connectivity index (χ3v) is 4.07. The standard InChI is InChI=1S/C16H31NO4/c1-5-17-16(14(18)19)9-6-7-13(16)8-10-20-11-12-21-15(2,3)4/h13,17H,5-12H2,1-4H3,(H,18,19). The molecule has 1 saturated carbocycles. The van der Waals surface area contributed by atoms with Gasteiger partial charge in [0.1, 0.15) is 5.54 Å². The van der Waals surface area contributed by atoms with Crippen LogP contribution in [-0.4, -0.2) is 48.6 Å². The number of aliphatic carboxylic acids is 1. The van der Waals surface area contributed by atoms with Gasteiger partial charge in [0.05, 0.1) is 18.8 Å². The maximum atomic E-state index is 11.6. The molecule has 2 N–H and O–H groups in total. The Hall–Kier alpha value is -0.650. The van der Waals surface area contributed by atoms with Crippen molar-refractivity contribution in [2.75, 3.05) is 26.4 Å². The zero-order valence-electron chi connectivity index (χ0n) is 13.9. The summed E-state index contributed by atoms with van der Waals surface area (Å²) in [4.78, 5) is 11.6. The van der Waals surface area contributed by atoms with E-state index in [9.17, 15) is 9.90 Å². The minimum atomic E-state index is -0.750. The lowest BCUT2D eigenvalue weighted by Crippen LogP contribution is -2.54. The number of rotatable bonds is 9. The minimum Gasteiger partial charge on any atom is -0.480 e. The van der Waals surface area contributed by atoms with Gasteiger partial charge in [-0.1, -0.05) is 13.3 Å². The van der Waals surface area contributed by atoms with Crippen molar-refractivity contribution in [3.8, 4) is 0 Å². The van der Waals surface area contributed by atoms with Crippen LogP contribution in [0.15, 0.2) is 0 Å². The third-order valence-electron chi connectivity index (χ3n) is 4.07. The first-order chi connectivity index (χ1) is 9.82. The lowest BCUT2D eigenvalue weighted by molar-refractivity contribution is -0.147. The van der Waals surface area contributed by atoms with Crippen LogP contribution < -0.4 is 5.32 Å². The van der Waals surface area contributed by atoms with Gasteiger partial charge in [-0.25, -0.2) is 0 Å². The number of nitrogens with one attached hydrogen (secondary N) is 1. The number of ether oxygens (including phenoxy) is 2. The van der Waals surface area contributed by atoms with Crippen molar-refractivity contribution in [2.24, 2.45) is 5.92 Å². The van der Waals surface area contributed by atoms with Crippen molar-refractivity contribution in [1.29, 1.82) is 0 Å². The monoisotopic (exact) mass is 301 g/mol. The van der Waals surface area contributed by atoms with Crippen molar-refractivity contribution in [2.45, 2.75) is 64.5 Å². The summed E-state index contributed by atoms with van der Waals surface area (Å²) in [6, 6.07) is 0. The Labute approximate surface area is 128 Å². The Morgan fingerprint density at radius 2 is 2.05 bits per heavy atom. The van der Waals surface area contributed by atoms with Gasteiger partial charge in [0.2, 0.25) is 0 Å². The van der Waals surface area contributed by atoms with Crippen LogP contribution in [0.1, 0.15) is 53.4 Å². The zero-order valence-corrected chi connectivity index (χ0v) is 13.9. The molecule has 124 valence electrons. The van der Waals surface area contributed by atoms with Crippen LogP contribution in [0.3, 0.4) is 0 Å². The second kappa shape index (κ2) is 8.11. The Bertz CT molecular complexity index is 327. The summed E-state index contributed by atoms with van der Waals surface area (Å²) >= 11 is 0. The van der Waals surface area contributed by atoms with Crippen LogP contribution >= 0.6 is 0 Å². The molecule has 0 heterocycles. The lowest BCUT2D eigenvalue weighted by Gasteiger charge is -2.32. The molecule has 0 aromatic rings. The van der Waals surface area contributed by atoms with Crippen molar-refractivity contribution in [3.05, 3.63) is 0 Å². The van der Waals surface area contributed by atoms with E-state index in [4.69, 9.17) is 9.47 Å². The van der Waals surface area contributed by atoms with Crippen molar-refractivity contribution < 1.29 is 19.4 Å². The highest BCUT2D eigenvalue weighted by molar-refractivity contribution is 5.79. The summed E-state index contributed by atoms with van der Waals surface area (Å²) in [5, 5.41) is 12.8. The number of hydrogen-bond donors (Lipinski definition) is 2. The number of carbonyl (C=O) groups is 1. The molecule has 0 radical (unpaired) electrons. The van der Waals surface area contributed by atoms with Gasteiger partial charge in [-0.05, 0) is 52.5 Å². The first kappa shape index (κ1) is 18.4. The predicted molar refractivity (Wildman–Crippen MR) is 82.5 cm³/mol. The Morgan fingerprint density at radius 3 is 2.62 bits per heavy atom. The molecular weight excluding hydrogens is 270 g/mol. The fraction of sp³-hybridized carbons (Fsp3) is 0.938. The zero-order chi connectivity index (χ0) is 15.9. The molecule has 0 spiro atoms. The topological polar surface area (TPSA) is 67.8 Å². The van der Waals surface area contributed by atoms with Gasteiger partial charge in [-0.15, -0.1) is 0 Å². The average molecular weight is 301 g/mol. The fourth-order valence-corrected chi connectivity index (χ4v) is 3.11. The molecule has 1 aliphatic rings. The number of hydrogen-bond acceptors (Lipinski definition) is 4. The third kappa shape index (κ3) is 5.57. The molecule has 5 heteroatoms. The van der Waals surface area contributed by atoms with Crippen LogP contribution in [0.4, 0.5) is 0 Å². The molecule has 5 nitrogen and oxygen atoms in total. The minimum absolute atomic E-state index is 0.141. The molecule has 0 bridgehead atoms. The largest absolute Gasteiger partial charge is 0.480 e. The second-order valence-corrected chi connectivity index (χ2v) is 6.76. The van der Waals surface area contributed by atoms with Gasteiger partial charge in [-0.2, -0.15) is 0 Å². The van der Waals surface area contributed by atoms with Crippen LogP contribution in [0, 0.1) is 5.92 Å². The summed E-state index contributed by atoms with van der Waals surface area (Å²) in [7, 11) is 0. The van der Waals surface area contributed by atoms with Gasteiger partial charge >= 0.3 is 5.97 Å². The maximum Gasteiger partial charge on any atom is 0.324 e. The van der Waals surface area contributed by atoms with Gasteiger partial charge in [0, 0.05) is 6.61 Å². The SMILES string of the molecule is CCNC1(C(=O)O)CCCC1CCOCCOC(C)(C)C. The van der Waals surface area contributed by atoms with Crippen LogP contribution in [0.2, 0.25) is 0 Å². The van der Waals surface area contributed by atoms with E-state index in [0.717, 1.165) is 19.3 Å². The van der Waals surface area contributed by atoms with Crippen LogP contribution in [0.5, 0.6) is 0 Å². The number of carboxylic acids is 1. The number of carboxylic acid groups (broad SMARTS) is 1. The summed E-state index contributed by atoms with van der Waals surface area (Å²) < 4.78 is 11.2. The first-order valence-corrected chi connectivity index (χ1v) is 8.02. The van der Waals surface area contributed by atoms with Crippen molar-refractivity contribution in [3.63, 3.8) is 0 Å². The van der Waals surface area contributed by atoms with Gasteiger partial charge < -0.3 is 19.9 Å².